The molecule has 29 heavy (non-hydrogen) atoms. The number of rotatable bonds is 5. The fourth-order valence-corrected chi connectivity index (χ4v) is 4.63. The maximum Gasteiger partial charge on any atom is 0.266 e. The minimum absolute atomic E-state index is 0.147. The number of anilines is 2. The van der Waals surface area contributed by atoms with Gasteiger partial charge in [-0.05, 0) is 45.4 Å². The molecule has 0 bridgehead atoms. The molecule has 0 unspecified atom stereocenters. The number of benzene rings is 1. The van der Waals surface area contributed by atoms with Crippen LogP contribution in [0.25, 0.3) is 21.1 Å². The van der Waals surface area contributed by atoms with E-state index in [1.54, 1.807) is 6.20 Å². The Kier molecular flexibility index (Phi) is 5.15. The van der Waals surface area contributed by atoms with E-state index in [1.807, 2.05) is 44.2 Å². The molecule has 0 fully saturated rings. The summed E-state index contributed by atoms with van der Waals surface area (Å²) in [4.78, 5) is 30.4. The van der Waals surface area contributed by atoms with Gasteiger partial charge in [0.1, 0.15) is 16.5 Å². The van der Waals surface area contributed by atoms with Crippen LogP contribution in [-0.4, -0.2) is 33.9 Å². The summed E-state index contributed by atoms with van der Waals surface area (Å²) in [5.74, 6) is 1.47. The molecule has 1 aromatic carbocycles. The summed E-state index contributed by atoms with van der Waals surface area (Å²) in [6.45, 7) is 9.77. The van der Waals surface area contributed by atoms with Crippen LogP contribution in [0.1, 0.15) is 34.9 Å². The van der Waals surface area contributed by atoms with E-state index in [-0.39, 0.29) is 5.91 Å². The molecule has 4 aromatic rings. The lowest BCUT2D eigenvalue weighted by atomic mass is 10.1. The summed E-state index contributed by atoms with van der Waals surface area (Å²) in [6.07, 6.45) is 1.69. The van der Waals surface area contributed by atoms with E-state index in [9.17, 15) is 4.79 Å². The second kappa shape index (κ2) is 7.75. The van der Waals surface area contributed by atoms with Crippen molar-refractivity contribution < 1.29 is 4.79 Å². The second-order valence-electron chi connectivity index (χ2n) is 6.87. The van der Waals surface area contributed by atoms with Gasteiger partial charge in [0.25, 0.3) is 5.91 Å². The van der Waals surface area contributed by atoms with Gasteiger partial charge in [0, 0.05) is 18.5 Å². The average Bonchev–Trinajstić information content (AvgIpc) is 3.05. The first-order chi connectivity index (χ1) is 14.0. The molecule has 0 aliphatic rings. The van der Waals surface area contributed by atoms with E-state index in [0.717, 1.165) is 45.6 Å². The van der Waals surface area contributed by atoms with Crippen molar-refractivity contribution in [3.63, 3.8) is 0 Å². The maximum atomic E-state index is 13.1. The number of aryl methyl sites for hydroxylation is 2. The van der Waals surface area contributed by atoms with Gasteiger partial charge in [0.15, 0.2) is 0 Å². The molecule has 148 valence electrons. The fourth-order valence-electron chi connectivity index (χ4n) is 3.52. The minimum Gasteiger partial charge on any atom is -0.357 e. The maximum absolute atomic E-state index is 13.1. The highest BCUT2D eigenvalue weighted by molar-refractivity contribution is 7.20. The number of hydrogen-bond donors (Lipinski definition) is 1. The third-order valence-electron chi connectivity index (χ3n) is 5.00. The number of carbonyl (C=O) groups is 1. The molecular formula is C22H23N5OS. The molecule has 1 amide bonds. The van der Waals surface area contributed by atoms with Crippen LogP contribution in [0.15, 0.2) is 36.5 Å². The molecule has 1 N–H and O–H groups in total. The largest absolute Gasteiger partial charge is 0.357 e. The highest BCUT2D eigenvalue weighted by Crippen LogP contribution is 2.36. The zero-order valence-electron chi connectivity index (χ0n) is 17.0. The van der Waals surface area contributed by atoms with Gasteiger partial charge in [0.2, 0.25) is 0 Å². The zero-order chi connectivity index (χ0) is 20.5. The number of pyridine rings is 1. The van der Waals surface area contributed by atoms with Crippen LogP contribution in [0, 0.1) is 13.8 Å². The summed E-state index contributed by atoms with van der Waals surface area (Å²) in [6, 6.07) is 9.78. The van der Waals surface area contributed by atoms with Crippen molar-refractivity contribution in [2.45, 2.75) is 27.7 Å². The second-order valence-corrected chi connectivity index (χ2v) is 7.87. The van der Waals surface area contributed by atoms with Crippen LogP contribution in [0.5, 0.6) is 0 Å². The van der Waals surface area contributed by atoms with Crippen LogP contribution in [-0.2, 0) is 0 Å². The van der Waals surface area contributed by atoms with Crippen molar-refractivity contribution in [2.75, 3.05) is 23.3 Å². The Morgan fingerprint density at radius 2 is 1.90 bits per heavy atom. The molecule has 0 atom stereocenters. The van der Waals surface area contributed by atoms with E-state index in [4.69, 9.17) is 0 Å². The highest BCUT2D eigenvalue weighted by Gasteiger charge is 2.22. The van der Waals surface area contributed by atoms with Gasteiger partial charge in [0.05, 0.1) is 27.7 Å². The summed E-state index contributed by atoms with van der Waals surface area (Å²) >= 11 is 1.41. The Balaban J connectivity index is 1.73. The summed E-state index contributed by atoms with van der Waals surface area (Å²) in [7, 11) is 0. The summed E-state index contributed by atoms with van der Waals surface area (Å²) in [5.41, 5.74) is 2.49. The first-order valence-corrected chi connectivity index (χ1v) is 10.5. The molecule has 4 rings (SSSR count). The van der Waals surface area contributed by atoms with Gasteiger partial charge in [-0.25, -0.2) is 9.97 Å². The number of aromatic nitrogens is 3. The van der Waals surface area contributed by atoms with Crippen molar-refractivity contribution in [1.82, 2.24) is 15.0 Å². The van der Waals surface area contributed by atoms with E-state index in [2.05, 4.69) is 39.0 Å². The van der Waals surface area contributed by atoms with Gasteiger partial charge >= 0.3 is 0 Å². The Hall–Kier alpha value is -3.06. The SMILES string of the molecule is CCN(CC)c1nc(C)nc2sc(C(=O)Nc3cnc4ccccc4c3)c(C)c12. The zero-order valence-corrected chi connectivity index (χ0v) is 17.8. The predicted octanol–water partition coefficient (Wildman–Crippen LogP) is 4.95. The van der Waals surface area contributed by atoms with Gasteiger partial charge in [-0.2, -0.15) is 0 Å². The molecule has 6 nitrogen and oxygen atoms in total. The lowest BCUT2D eigenvalue weighted by Gasteiger charge is -2.21. The van der Waals surface area contributed by atoms with Gasteiger partial charge in [-0.1, -0.05) is 18.2 Å². The molecule has 0 aliphatic heterocycles. The Morgan fingerprint density at radius 3 is 2.66 bits per heavy atom. The Bertz CT molecular complexity index is 1210. The van der Waals surface area contributed by atoms with E-state index < -0.39 is 0 Å². The molecule has 3 heterocycles. The minimum atomic E-state index is -0.147. The van der Waals surface area contributed by atoms with Crippen LogP contribution in [0.3, 0.4) is 0 Å². The molecule has 0 saturated heterocycles. The molecule has 3 aromatic heterocycles. The van der Waals surface area contributed by atoms with E-state index in [1.165, 1.54) is 11.3 Å². The number of para-hydroxylation sites is 1. The van der Waals surface area contributed by atoms with Crippen molar-refractivity contribution >= 4 is 49.9 Å². The van der Waals surface area contributed by atoms with Crippen molar-refractivity contribution in [1.29, 1.82) is 0 Å². The normalized spacial score (nSPS) is 11.2. The smallest absolute Gasteiger partial charge is 0.266 e. The fraction of sp³-hybridized carbons (Fsp3) is 0.273. The number of nitrogens with one attached hydrogen (secondary N) is 1. The molecular weight excluding hydrogens is 382 g/mol. The number of thiophene rings is 1. The Morgan fingerprint density at radius 1 is 1.14 bits per heavy atom. The van der Waals surface area contributed by atoms with E-state index >= 15 is 0 Å². The highest BCUT2D eigenvalue weighted by atomic mass is 32.1. The van der Waals surface area contributed by atoms with Crippen molar-refractivity contribution in [3.8, 4) is 0 Å². The monoisotopic (exact) mass is 405 g/mol. The molecule has 0 saturated carbocycles. The topological polar surface area (TPSA) is 71.0 Å². The average molecular weight is 406 g/mol. The van der Waals surface area contributed by atoms with Gasteiger partial charge in [-0.15, -0.1) is 11.3 Å². The molecule has 7 heteroatoms. The summed E-state index contributed by atoms with van der Waals surface area (Å²) in [5, 5.41) is 4.94. The number of hydrogen-bond acceptors (Lipinski definition) is 6. The third-order valence-corrected chi connectivity index (χ3v) is 6.18. The van der Waals surface area contributed by atoms with Crippen LogP contribution < -0.4 is 10.2 Å². The molecule has 0 radical (unpaired) electrons. The Labute approximate surface area is 173 Å². The van der Waals surface area contributed by atoms with Gasteiger partial charge < -0.3 is 10.2 Å². The lowest BCUT2D eigenvalue weighted by Crippen LogP contribution is -2.23. The number of carbonyl (C=O) groups excluding carboxylic acids is 1. The van der Waals surface area contributed by atoms with Crippen LogP contribution >= 0.6 is 11.3 Å². The lowest BCUT2D eigenvalue weighted by molar-refractivity contribution is 0.103. The van der Waals surface area contributed by atoms with Crippen molar-refractivity contribution in [3.05, 3.63) is 52.8 Å². The quantitative estimate of drug-likeness (QED) is 0.508. The molecule has 0 aliphatic carbocycles. The predicted molar refractivity (Wildman–Crippen MR) is 120 cm³/mol. The molecule has 0 spiro atoms. The van der Waals surface area contributed by atoms with Crippen molar-refractivity contribution in [2.24, 2.45) is 0 Å². The third kappa shape index (κ3) is 3.53. The van der Waals surface area contributed by atoms with E-state index in [0.29, 0.717) is 16.4 Å². The standard InChI is InChI=1S/C22H23N5OS/c1-5-27(6-2)20-18-13(3)19(29-22(18)25-14(4)24-20)21(28)26-16-11-15-9-7-8-10-17(15)23-12-16/h7-12H,5-6H2,1-4H3,(H,26,28). The first-order valence-electron chi connectivity index (χ1n) is 9.70. The first kappa shape index (κ1) is 19.3. The van der Waals surface area contributed by atoms with Crippen LogP contribution in [0.2, 0.25) is 0 Å². The number of amides is 1. The van der Waals surface area contributed by atoms with Crippen LogP contribution in [0.4, 0.5) is 11.5 Å². The summed E-state index contributed by atoms with van der Waals surface area (Å²) < 4.78 is 0. The number of fused-ring (bicyclic) bond motifs is 2. The van der Waals surface area contributed by atoms with Gasteiger partial charge in [-0.3, -0.25) is 9.78 Å². The number of nitrogens with zero attached hydrogens (tertiary/aromatic N) is 4.